The molecule has 7 heteroatoms. The molecule has 6 nitrogen and oxygen atoms in total. The van der Waals surface area contributed by atoms with Gasteiger partial charge in [-0.1, -0.05) is 0 Å². The molecule has 0 saturated carbocycles. The summed E-state index contributed by atoms with van der Waals surface area (Å²) in [5.74, 6) is -1.04. The van der Waals surface area contributed by atoms with Gasteiger partial charge < -0.3 is 9.47 Å². The summed E-state index contributed by atoms with van der Waals surface area (Å²) in [4.78, 5) is 16.2. The predicted molar refractivity (Wildman–Crippen MR) is 81.8 cm³/mol. The fraction of sp³-hybridized carbons (Fsp3) is 0.438. The van der Waals surface area contributed by atoms with Crippen LogP contribution in [0.1, 0.15) is 43.7 Å². The molecule has 0 fully saturated rings. The lowest BCUT2D eigenvalue weighted by Crippen LogP contribution is -2.13. The van der Waals surface area contributed by atoms with Crippen molar-refractivity contribution in [2.45, 2.75) is 46.5 Å². The van der Waals surface area contributed by atoms with Gasteiger partial charge in [0.15, 0.2) is 11.6 Å². The second kappa shape index (κ2) is 7.32. The third kappa shape index (κ3) is 4.35. The minimum atomic E-state index is -0.532. The lowest BCUT2D eigenvalue weighted by molar-refractivity contribution is 0.0359. The fourth-order valence-corrected chi connectivity index (χ4v) is 1.86. The van der Waals surface area contributed by atoms with Crippen molar-refractivity contribution in [2.75, 3.05) is 0 Å². The summed E-state index contributed by atoms with van der Waals surface area (Å²) in [5.41, 5.74) is 0.624. The Labute approximate surface area is 134 Å². The van der Waals surface area contributed by atoms with Gasteiger partial charge in [-0.3, -0.25) is 0 Å². The normalized spacial score (nSPS) is 11.3. The van der Waals surface area contributed by atoms with Gasteiger partial charge in [-0.2, -0.15) is 5.10 Å². The van der Waals surface area contributed by atoms with Crippen LogP contribution < -0.4 is 0 Å². The van der Waals surface area contributed by atoms with Crippen molar-refractivity contribution in [3.05, 3.63) is 41.6 Å². The Bertz CT molecular complexity index is 683. The van der Waals surface area contributed by atoms with E-state index in [0.29, 0.717) is 5.69 Å². The quantitative estimate of drug-likeness (QED) is 0.765. The van der Waals surface area contributed by atoms with Gasteiger partial charge in [-0.15, -0.1) is 0 Å². The van der Waals surface area contributed by atoms with E-state index in [1.54, 1.807) is 13.8 Å². The van der Waals surface area contributed by atoms with E-state index >= 15 is 0 Å². The Morgan fingerprint density at radius 1 is 1.30 bits per heavy atom. The molecular formula is C16H20FN3O3. The molecule has 2 heterocycles. The largest absolute Gasteiger partial charge is 0.459 e. The van der Waals surface area contributed by atoms with E-state index in [-0.39, 0.29) is 30.2 Å². The highest BCUT2D eigenvalue weighted by atomic mass is 19.1. The van der Waals surface area contributed by atoms with E-state index in [4.69, 9.17) is 9.47 Å². The third-order valence-electron chi connectivity index (χ3n) is 2.86. The number of carbonyl (C=O) groups excluding carboxylic acids is 1. The lowest BCUT2D eigenvalue weighted by atomic mass is 10.2. The molecule has 0 N–H and O–H groups in total. The van der Waals surface area contributed by atoms with Crippen molar-refractivity contribution in [3.63, 3.8) is 0 Å². The van der Waals surface area contributed by atoms with Crippen molar-refractivity contribution in [2.24, 2.45) is 0 Å². The number of pyridine rings is 1. The van der Waals surface area contributed by atoms with Crippen molar-refractivity contribution < 1.29 is 18.7 Å². The zero-order chi connectivity index (χ0) is 17.0. The van der Waals surface area contributed by atoms with Gasteiger partial charge in [0.2, 0.25) is 0 Å². The maximum atomic E-state index is 13.9. The SMILES string of the molecule is CC(C)OCc1nn(-c2ncccc2F)cc1C(=O)OC(C)C. The average molecular weight is 321 g/mol. The highest BCUT2D eigenvalue weighted by molar-refractivity contribution is 5.90. The van der Waals surface area contributed by atoms with E-state index in [2.05, 4.69) is 10.1 Å². The summed E-state index contributed by atoms with van der Waals surface area (Å²) in [5, 5.41) is 4.23. The number of carbonyl (C=O) groups is 1. The molecule has 0 bridgehead atoms. The monoisotopic (exact) mass is 321 g/mol. The van der Waals surface area contributed by atoms with Crippen LogP contribution in [0.25, 0.3) is 5.82 Å². The van der Waals surface area contributed by atoms with E-state index in [9.17, 15) is 9.18 Å². The highest BCUT2D eigenvalue weighted by Crippen LogP contribution is 2.16. The van der Waals surface area contributed by atoms with Gasteiger partial charge in [0, 0.05) is 12.4 Å². The topological polar surface area (TPSA) is 66.2 Å². The molecule has 0 saturated heterocycles. The Morgan fingerprint density at radius 3 is 2.65 bits per heavy atom. The predicted octanol–water partition coefficient (Wildman–Crippen LogP) is 2.90. The first kappa shape index (κ1) is 17.1. The molecule has 23 heavy (non-hydrogen) atoms. The average Bonchev–Trinajstić information content (AvgIpc) is 2.89. The first-order valence-corrected chi connectivity index (χ1v) is 7.40. The number of hydrogen-bond acceptors (Lipinski definition) is 5. The summed E-state index contributed by atoms with van der Waals surface area (Å²) in [6.07, 6.45) is 2.57. The maximum absolute atomic E-state index is 13.9. The second-order valence-electron chi connectivity index (χ2n) is 5.56. The molecule has 0 aliphatic heterocycles. The molecule has 0 aromatic carbocycles. The zero-order valence-corrected chi connectivity index (χ0v) is 13.6. The summed E-state index contributed by atoms with van der Waals surface area (Å²) in [7, 11) is 0. The van der Waals surface area contributed by atoms with E-state index in [1.807, 2.05) is 13.8 Å². The number of rotatable bonds is 6. The molecule has 0 radical (unpaired) electrons. The standard InChI is InChI=1S/C16H20FN3O3/c1-10(2)22-9-14-12(16(21)23-11(3)4)8-20(19-14)15-13(17)6-5-7-18-15/h5-8,10-11H,9H2,1-4H3. The van der Waals surface area contributed by atoms with Gasteiger partial charge in [-0.05, 0) is 39.8 Å². The number of halogens is 1. The second-order valence-corrected chi connectivity index (χ2v) is 5.56. The van der Waals surface area contributed by atoms with Crippen LogP contribution in [0.5, 0.6) is 0 Å². The van der Waals surface area contributed by atoms with Crippen molar-refractivity contribution in [3.8, 4) is 5.82 Å². The van der Waals surface area contributed by atoms with Crippen LogP contribution in [0, 0.1) is 5.82 Å². The summed E-state index contributed by atoms with van der Waals surface area (Å²) in [6.45, 7) is 7.39. The fourth-order valence-electron chi connectivity index (χ4n) is 1.86. The minimum absolute atomic E-state index is 0.0156. The summed E-state index contributed by atoms with van der Waals surface area (Å²) < 4.78 is 25.8. The third-order valence-corrected chi connectivity index (χ3v) is 2.86. The number of esters is 1. The van der Waals surface area contributed by atoms with Crippen LogP contribution in [-0.4, -0.2) is 32.9 Å². The smallest absolute Gasteiger partial charge is 0.341 e. The van der Waals surface area contributed by atoms with Gasteiger partial charge in [0.05, 0.1) is 18.8 Å². The molecule has 2 rings (SSSR count). The van der Waals surface area contributed by atoms with Crippen LogP contribution in [0.3, 0.4) is 0 Å². The molecular weight excluding hydrogens is 301 g/mol. The van der Waals surface area contributed by atoms with Crippen LogP contribution in [0.2, 0.25) is 0 Å². The van der Waals surface area contributed by atoms with Crippen LogP contribution >= 0.6 is 0 Å². The first-order valence-electron chi connectivity index (χ1n) is 7.40. The first-order chi connectivity index (χ1) is 10.9. The number of aromatic nitrogens is 3. The van der Waals surface area contributed by atoms with Crippen LogP contribution in [0.4, 0.5) is 4.39 Å². The number of nitrogens with zero attached hydrogens (tertiary/aromatic N) is 3. The summed E-state index contributed by atoms with van der Waals surface area (Å²) in [6, 6.07) is 2.76. The molecule has 0 amide bonds. The lowest BCUT2D eigenvalue weighted by Gasteiger charge is -2.09. The maximum Gasteiger partial charge on any atom is 0.341 e. The van der Waals surface area contributed by atoms with Gasteiger partial charge in [0.25, 0.3) is 0 Å². The van der Waals surface area contributed by atoms with E-state index < -0.39 is 11.8 Å². The molecule has 0 atom stereocenters. The van der Waals surface area contributed by atoms with E-state index in [0.717, 1.165) is 0 Å². The van der Waals surface area contributed by atoms with Gasteiger partial charge >= 0.3 is 5.97 Å². The van der Waals surface area contributed by atoms with Crippen LogP contribution in [-0.2, 0) is 16.1 Å². The van der Waals surface area contributed by atoms with Gasteiger partial charge in [-0.25, -0.2) is 18.9 Å². The molecule has 0 aliphatic rings. The minimum Gasteiger partial charge on any atom is -0.459 e. The molecule has 124 valence electrons. The van der Waals surface area contributed by atoms with Crippen molar-refractivity contribution in [1.29, 1.82) is 0 Å². The Kier molecular flexibility index (Phi) is 5.44. The van der Waals surface area contributed by atoms with E-state index in [1.165, 1.54) is 29.2 Å². The number of hydrogen-bond donors (Lipinski definition) is 0. The highest BCUT2D eigenvalue weighted by Gasteiger charge is 2.21. The molecule has 2 aromatic heterocycles. The molecule has 0 unspecified atom stereocenters. The van der Waals surface area contributed by atoms with Crippen LogP contribution in [0.15, 0.2) is 24.5 Å². The van der Waals surface area contributed by atoms with Crippen molar-refractivity contribution >= 4 is 5.97 Å². The Morgan fingerprint density at radius 2 is 2.04 bits per heavy atom. The summed E-state index contributed by atoms with van der Waals surface area (Å²) >= 11 is 0. The zero-order valence-electron chi connectivity index (χ0n) is 13.6. The molecule has 0 aliphatic carbocycles. The Hall–Kier alpha value is -2.28. The number of ether oxygens (including phenoxy) is 2. The molecule has 0 spiro atoms. The van der Waals surface area contributed by atoms with Gasteiger partial charge in [0.1, 0.15) is 11.3 Å². The Balaban J connectivity index is 2.38. The van der Waals surface area contributed by atoms with Crippen molar-refractivity contribution in [1.82, 2.24) is 14.8 Å². The molecule has 2 aromatic rings.